The van der Waals surface area contributed by atoms with E-state index in [1.807, 2.05) is 0 Å². The van der Waals surface area contributed by atoms with Gasteiger partial charge < -0.3 is 15.2 Å². The van der Waals surface area contributed by atoms with Crippen molar-refractivity contribution in [3.63, 3.8) is 0 Å². The van der Waals surface area contributed by atoms with Crippen molar-refractivity contribution >= 4 is 49.4 Å². The highest BCUT2D eigenvalue weighted by molar-refractivity contribution is 7.90. The highest BCUT2D eigenvalue weighted by atomic mass is 32.2. The zero-order valence-electron chi connectivity index (χ0n) is 19.5. The molecule has 2 aromatic carbocycles. The summed E-state index contributed by atoms with van der Waals surface area (Å²) < 4.78 is 40.4. The Morgan fingerprint density at radius 1 is 1.26 bits per heavy atom. The van der Waals surface area contributed by atoms with Gasteiger partial charge in [0.1, 0.15) is 0 Å². The fourth-order valence-electron chi connectivity index (χ4n) is 3.83. The van der Waals surface area contributed by atoms with Crippen molar-refractivity contribution in [1.82, 2.24) is 9.29 Å². The van der Waals surface area contributed by atoms with Crippen LogP contribution in [-0.4, -0.2) is 70.5 Å². The Hall–Kier alpha value is -3.38. The number of pyridine rings is 1. The molecule has 3 aromatic rings. The van der Waals surface area contributed by atoms with Crippen LogP contribution >= 0.6 is 0 Å². The Kier molecular flexibility index (Phi) is 7.41. The number of nitrogens with two attached hydrogens (primary N) is 1. The van der Waals surface area contributed by atoms with E-state index in [1.54, 1.807) is 49.8 Å². The smallest absolute Gasteiger partial charge is 0.301 e. The normalized spacial score (nSPS) is 17.5. The van der Waals surface area contributed by atoms with Crippen molar-refractivity contribution in [3.05, 3.63) is 64.6 Å². The van der Waals surface area contributed by atoms with Gasteiger partial charge in [-0.05, 0) is 29.7 Å². The number of aromatic nitrogens is 1. The second kappa shape index (κ2) is 10.5. The zero-order valence-corrected chi connectivity index (χ0v) is 20.3. The third-order valence-corrected chi connectivity index (χ3v) is 7.13. The van der Waals surface area contributed by atoms with Crippen molar-refractivity contribution in [2.45, 2.75) is 6.10 Å². The summed E-state index contributed by atoms with van der Waals surface area (Å²) in [5, 5.41) is 1.39. The first-order chi connectivity index (χ1) is 16.8. The molecule has 1 fully saturated rings. The molecule has 1 aromatic heterocycles. The van der Waals surface area contributed by atoms with E-state index in [2.05, 4.69) is 14.7 Å². The standard InChI is InChI=1S/C24H27N5O5S/c1-26-12-18(11-25)17-9-22-23(27-13-17)6-4-16-3-5-19(10-21(16)24(22)30)28-35(31,32)29(2)14-20-15-33-7-8-34-20/h3-6,9-13,20,28H,7-8,14-15,25H2,1-2H3. The quantitative estimate of drug-likeness (QED) is 0.475. The molecule has 1 aliphatic heterocycles. The molecule has 10 nitrogen and oxygen atoms in total. The second-order valence-corrected chi connectivity index (χ2v) is 9.86. The molecule has 0 spiro atoms. The summed E-state index contributed by atoms with van der Waals surface area (Å²) in [7, 11) is -0.797. The van der Waals surface area contributed by atoms with E-state index in [0.29, 0.717) is 52.6 Å². The number of benzene rings is 1. The third-order valence-electron chi connectivity index (χ3n) is 5.67. The van der Waals surface area contributed by atoms with Gasteiger partial charge in [-0.2, -0.15) is 12.7 Å². The minimum absolute atomic E-state index is 0.141. The van der Waals surface area contributed by atoms with Gasteiger partial charge in [-0.3, -0.25) is 19.5 Å². The summed E-state index contributed by atoms with van der Waals surface area (Å²) in [6.07, 6.45) is 4.27. The van der Waals surface area contributed by atoms with E-state index in [1.165, 1.54) is 23.6 Å². The van der Waals surface area contributed by atoms with Crippen LogP contribution in [0.3, 0.4) is 0 Å². The molecule has 11 heteroatoms. The van der Waals surface area contributed by atoms with E-state index in [-0.39, 0.29) is 23.8 Å². The Morgan fingerprint density at radius 2 is 2.06 bits per heavy atom. The molecule has 4 rings (SSSR count). The van der Waals surface area contributed by atoms with Crippen molar-refractivity contribution in [2.24, 2.45) is 10.7 Å². The Morgan fingerprint density at radius 3 is 2.77 bits per heavy atom. The van der Waals surface area contributed by atoms with Crippen LogP contribution in [0.25, 0.3) is 27.2 Å². The van der Waals surface area contributed by atoms with Gasteiger partial charge in [0.05, 0.1) is 37.1 Å². The Balaban J connectivity index is 1.70. The minimum Gasteiger partial charge on any atom is -0.404 e. The lowest BCUT2D eigenvalue weighted by Gasteiger charge is -2.27. The first-order valence-electron chi connectivity index (χ1n) is 11.0. The van der Waals surface area contributed by atoms with Crippen LogP contribution in [0.15, 0.2) is 58.6 Å². The van der Waals surface area contributed by atoms with Gasteiger partial charge in [0.25, 0.3) is 0 Å². The summed E-state index contributed by atoms with van der Waals surface area (Å²) in [4.78, 5) is 21.9. The zero-order chi connectivity index (χ0) is 25.0. The van der Waals surface area contributed by atoms with E-state index in [4.69, 9.17) is 15.2 Å². The maximum atomic E-state index is 13.5. The molecule has 0 saturated carbocycles. The number of allylic oxidation sites excluding steroid dienone is 1. The molecule has 1 saturated heterocycles. The number of anilines is 1. The monoisotopic (exact) mass is 497 g/mol. The Bertz CT molecular complexity index is 1470. The fraction of sp³-hybridized carbons (Fsp3) is 0.292. The van der Waals surface area contributed by atoms with Gasteiger partial charge in [0, 0.05) is 61.2 Å². The van der Waals surface area contributed by atoms with Crippen molar-refractivity contribution in [2.75, 3.05) is 45.2 Å². The summed E-state index contributed by atoms with van der Waals surface area (Å²) >= 11 is 0. The van der Waals surface area contributed by atoms with Gasteiger partial charge >= 0.3 is 10.2 Å². The third kappa shape index (κ3) is 5.49. The van der Waals surface area contributed by atoms with Crippen LogP contribution in [-0.2, 0) is 19.7 Å². The first-order valence-corrected chi connectivity index (χ1v) is 12.4. The van der Waals surface area contributed by atoms with Gasteiger partial charge in [-0.25, -0.2) is 0 Å². The summed E-state index contributed by atoms with van der Waals surface area (Å²) in [6.45, 7) is 1.40. The van der Waals surface area contributed by atoms with Gasteiger partial charge in [0.2, 0.25) is 0 Å². The van der Waals surface area contributed by atoms with E-state index in [0.717, 1.165) is 0 Å². The number of likely N-dealkylation sites (N-methyl/N-ethyl adjacent to an activating group) is 1. The number of aliphatic imine (C=N–C) groups is 1. The van der Waals surface area contributed by atoms with E-state index < -0.39 is 10.2 Å². The lowest BCUT2D eigenvalue weighted by Crippen LogP contribution is -2.42. The van der Waals surface area contributed by atoms with Crippen molar-refractivity contribution < 1.29 is 17.9 Å². The Labute approximate surface area is 203 Å². The van der Waals surface area contributed by atoms with E-state index in [9.17, 15) is 13.2 Å². The maximum absolute atomic E-state index is 13.5. The molecular formula is C24H27N5O5S. The fourth-order valence-corrected chi connectivity index (χ4v) is 4.77. The number of hydrogen-bond acceptors (Lipinski definition) is 8. The lowest BCUT2D eigenvalue weighted by molar-refractivity contribution is -0.0908. The molecule has 0 bridgehead atoms. The van der Waals surface area contributed by atoms with Crippen LogP contribution in [0.2, 0.25) is 0 Å². The van der Waals surface area contributed by atoms with Crippen LogP contribution in [0, 0.1) is 0 Å². The highest BCUT2D eigenvalue weighted by Crippen LogP contribution is 2.22. The van der Waals surface area contributed by atoms with Crippen LogP contribution in [0.1, 0.15) is 5.56 Å². The lowest BCUT2D eigenvalue weighted by atomic mass is 10.1. The van der Waals surface area contributed by atoms with Crippen LogP contribution in [0.5, 0.6) is 0 Å². The summed E-state index contributed by atoms with van der Waals surface area (Å²) in [5.41, 5.74) is 7.48. The predicted molar refractivity (Wildman–Crippen MR) is 138 cm³/mol. The molecule has 184 valence electrons. The molecule has 0 amide bonds. The van der Waals surface area contributed by atoms with Gasteiger partial charge in [-0.15, -0.1) is 0 Å². The summed E-state index contributed by atoms with van der Waals surface area (Å²) in [6, 6.07) is 10.1. The predicted octanol–water partition coefficient (Wildman–Crippen LogP) is 1.75. The molecule has 0 aliphatic carbocycles. The second-order valence-electron chi connectivity index (χ2n) is 8.09. The van der Waals surface area contributed by atoms with Gasteiger partial charge in [0.15, 0.2) is 5.43 Å². The molecule has 1 aliphatic rings. The first kappa shape index (κ1) is 24.7. The largest absolute Gasteiger partial charge is 0.404 e. The molecule has 1 atom stereocenters. The average molecular weight is 498 g/mol. The molecule has 0 radical (unpaired) electrons. The van der Waals surface area contributed by atoms with Crippen LogP contribution in [0.4, 0.5) is 5.69 Å². The SMILES string of the molecule is CN=CC(=CN)c1cnc2ccc3ccc(NS(=O)(=O)N(C)CC4COCCO4)cc3c(=O)c2c1. The number of hydrogen-bond donors (Lipinski definition) is 2. The molecule has 1 unspecified atom stereocenters. The maximum Gasteiger partial charge on any atom is 0.301 e. The number of ether oxygens (including phenoxy) is 2. The molecule has 35 heavy (non-hydrogen) atoms. The van der Waals surface area contributed by atoms with Crippen LogP contribution < -0.4 is 15.9 Å². The van der Waals surface area contributed by atoms with Crippen molar-refractivity contribution in [1.29, 1.82) is 0 Å². The molecule has 3 N–H and O–H groups in total. The van der Waals surface area contributed by atoms with E-state index >= 15 is 0 Å². The van der Waals surface area contributed by atoms with Gasteiger partial charge in [-0.1, -0.05) is 12.1 Å². The number of rotatable bonds is 7. The minimum atomic E-state index is -3.88. The van der Waals surface area contributed by atoms with Crippen molar-refractivity contribution in [3.8, 4) is 0 Å². The number of nitrogens with zero attached hydrogens (tertiary/aromatic N) is 3. The summed E-state index contributed by atoms with van der Waals surface area (Å²) in [5.74, 6) is 0. The number of fused-ring (bicyclic) bond motifs is 2. The topological polar surface area (TPSA) is 136 Å². The number of nitrogens with one attached hydrogen (secondary N) is 1. The molecular weight excluding hydrogens is 470 g/mol. The molecule has 2 heterocycles. The average Bonchev–Trinajstić information content (AvgIpc) is 2.99. The highest BCUT2D eigenvalue weighted by Gasteiger charge is 2.24.